The van der Waals surface area contributed by atoms with Crippen molar-refractivity contribution in [3.63, 3.8) is 0 Å². The van der Waals surface area contributed by atoms with Crippen LogP contribution in [0.15, 0.2) is 42.7 Å². The maximum absolute atomic E-state index is 11.7. The van der Waals surface area contributed by atoms with Crippen molar-refractivity contribution >= 4 is 32.5 Å². The predicted octanol–water partition coefficient (Wildman–Crippen LogP) is 2.24. The molecule has 1 atom stereocenters. The molecule has 3 heterocycles. The molecule has 0 spiro atoms. The molecule has 0 saturated carbocycles. The molecule has 2 aromatic heterocycles. The van der Waals surface area contributed by atoms with Gasteiger partial charge in [0.1, 0.15) is 5.82 Å². The van der Waals surface area contributed by atoms with Crippen LogP contribution in [0.4, 0.5) is 11.8 Å². The maximum atomic E-state index is 11.7. The Morgan fingerprint density at radius 3 is 2.96 bits per heavy atom. The monoisotopic (exact) mass is 385 g/mol. The summed E-state index contributed by atoms with van der Waals surface area (Å²) < 4.78 is 23.4. The van der Waals surface area contributed by atoms with Crippen molar-refractivity contribution in [1.29, 1.82) is 0 Å². The van der Waals surface area contributed by atoms with Crippen LogP contribution in [-0.2, 0) is 16.3 Å². The minimum absolute atomic E-state index is 0.0588. The van der Waals surface area contributed by atoms with E-state index >= 15 is 0 Å². The summed E-state index contributed by atoms with van der Waals surface area (Å²) in [4.78, 5) is 14.0. The first-order chi connectivity index (χ1) is 13.0. The molecule has 142 valence electrons. The molecule has 0 radical (unpaired) electrons. The van der Waals surface area contributed by atoms with Gasteiger partial charge in [-0.3, -0.25) is 0 Å². The van der Waals surface area contributed by atoms with Crippen molar-refractivity contribution in [3.05, 3.63) is 48.3 Å². The quantitative estimate of drug-likeness (QED) is 0.676. The molecule has 0 amide bonds. The van der Waals surface area contributed by atoms with Crippen molar-refractivity contribution in [2.45, 2.75) is 18.9 Å². The van der Waals surface area contributed by atoms with Gasteiger partial charge in [-0.25, -0.2) is 13.4 Å². The number of anilines is 2. The van der Waals surface area contributed by atoms with E-state index in [4.69, 9.17) is 0 Å². The van der Waals surface area contributed by atoms with Gasteiger partial charge in [-0.1, -0.05) is 18.2 Å². The lowest BCUT2D eigenvalue weighted by molar-refractivity contribution is 0.600. The Hall–Kier alpha value is -2.61. The second-order valence-corrected chi connectivity index (χ2v) is 9.17. The summed E-state index contributed by atoms with van der Waals surface area (Å²) in [5.74, 6) is 1.71. The highest BCUT2D eigenvalue weighted by atomic mass is 32.2. The van der Waals surface area contributed by atoms with Gasteiger partial charge < -0.3 is 15.2 Å². The zero-order valence-corrected chi connectivity index (χ0v) is 16.0. The zero-order chi connectivity index (χ0) is 18.9. The first kappa shape index (κ1) is 17.8. The average Bonchev–Trinajstić information content (AvgIpc) is 3.25. The van der Waals surface area contributed by atoms with Crippen LogP contribution in [0.3, 0.4) is 0 Å². The van der Waals surface area contributed by atoms with Crippen molar-refractivity contribution in [2.75, 3.05) is 35.3 Å². The molecule has 7 nitrogen and oxygen atoms in total. The smallest absolute Gasteiger partial charge is 0.227 e. The number of benzene rings is 1. The zero-order valence-electron chi connectivity index (χ0n) is 15.2. The summed E-state index contributed by atoms with van der Waals surface area (Å²) in [6, 6.07) is 10.0. The van der Waals surface area contributed by atoms with Crippen LogP contribution in [0.2, 0.25) is 0 Å². The average molecular weight is 385 g/mol. The number of hydrogen-bond acceptors (Lipinski definition) is 6. The third-order valence-electron chi connectivity index (χ3n) is 5.09. The highest BCUT2D eigenvalue weighted by Crippen LogP contribution is 2.21. The van der Waals surface area contributed by atoms with Crippen LogP contribution in [-0.4, -0.2) is 54.5 Å². The molecule has 1 aliphatic heterocycles. The number of nitrogens with zero attached hydrogens (tertiary/aromatic N) is 3. The maximum Gasteiger partial charge on any atom is 0.227 e. The number of rotatable bonds is 6. The number of nitrogens with one attached hydrogen (secondary N) is 2. The van der Waals surface area contributed by atoms with Crippen LogP contribution in [0.25, 0.3) is 10.9 Å². The molecule has 1 aliphatic rings. The minimum Gasteiger partial charge on any atom is -0.370 e. The van der Waals surface area contributed by atoms with E-state index in [1.807, 2.05) is 36.3 Å². The Morgan fingerprint density at radius 1 is 1.30 bits per heavy atom. The van der Waals surface area contributed by atoms with E-state index in [9.17, 15) is 8.42 Å². The van der Waals surface area contributed by atoms with E-state index in [0.29, 0.717) is 12.4 Å². The van der Waals surface area contributed by atoms with Crippen molar-refractivity contribution < 1.29 is 8.42 Å². The number of sulfone groups is 1. The molecule has 1 fully saturated rings. The lowest BCUT2D eigenvalue weighted by Crippen LogP contribution is -2.34. The molecule has 0 aliphatic carbocycles. The summed E-state index contributed by atoms with van der Waals surface area (Å²) in [5.41, 5.74) is 2.41. The molecular weight excluding hydrogens is 362 g/mol. The number of aromatic amines is 1. The normalized spacial score (nSPS) is 18.6. The highest BCUT2D eigenvalue weighted by molar-refractivity contribution is 7.91. The lowest BCUT2D eigenvalue weighted by atomic mass is 10.1. The fourth-order valence-electron chi connectivity index (χ4n) is 3.52. The topological polar surface area (TPSA) is 91.0 Å². The van der Waals surface area contributed by atoms with E-state index in [2.05, 4.69) is 32.4 Å². The predicted molar refractivity (Wildman–Crippen MR) is 108 cm³/mol. The molecule has 27 heavy (non-hydrogen) atoms. The molecular formula is C19H23N5O2S. The van der Waals surface area contributed by atoms with Crippen molar-refractivity contribution in [1.82, 2.24) is 15.0 Å². The van der Waals surface area contributed by atoms with Gasteiger partial charge in [-0.2, -0.15) is 4.98 Å². The highest BCUT2D eigenvalue weighted by Gasteiger charge is 2.31. The van der Waals surface area contributed by atoms with Gasteiger partial charge >= 0.3 is 0 Å². The van der Waals surface area contributed by atoms with Gasteiger partial charge in [-0.05, 0) is 30.5 Å². The Balaban J connectivity index is 1.39. The summed E-state index contributed by atoms with van der Waals surface area (Å²) >= 11 is 0. The Morgan fingerprint density at radius 2 is 2.15 bits per heavy atom. The number of aromatic nitrogens is 3. The van der Waals surface area contributed by atoms with Gasteiger partial charge in [0.2, 0.25) is 5.95 Å². The van der Waals surface area contributed by atoms with Crippen LogP contribution in [0.5, 0.6) is 0 Å². The van der Waals surface area contributed by atoms with Gasteiger partial charge in [-0.15, -0.1) is 0 Å². The number of fused-ring (bicyclic) bond motifs is 1. The lowest BCUT2D eigenvalue weighted by Gasteiger charge is -2.23. The fourth-order valence-corrected chi connectivity index (χ4v) is 5.30. The van der Waals surface area contributed by atoms with Crippen molar-refractivity contribution in [2.24, 2.45) is 0 Å². The van der Waals surface area contributed by atoms with Crippen molar-refractivity contribution in [3.8, 4) is 0 Å². The van der Waals surface area contributed by atoms with Gasteiger partial charge in [0.05, 0.1) is 11.5 Å². The molecule has 1 aromatic carbocycles. The SMILES string of the molecule is CN(c1nccc(NCCc2c[nH]c3ccccc23)n1)C1CCS(=O)(=O)C1. The van der Waals surface area contributed by atoms with E-state index in [-0.39, 0.29) is 17.5 Å². The van der Waals surface area contributed by atoms with Gasteiger partial charge in [0.15, 0.2) is 9.84 Å². The van der Waals surface area contributed by atoms with Crippen LogP contribution < -0.4 is 10.2 Å². The Labute approximate surface area is 158 Å². The van der Waals surface area contributed by atoms with Crippen LogP contribution in [0, 0.1) is 0 Å². The molecule has 4 rings (SSSR count). The van der Waals surface area contributed by atoms with E-state index in [1.54, 1.807) is 6.20 Å². The van der Waals surface area contributed by atoms with E-state index in [0.717, 1.165) is 24.3 Å². The number of hydrogen-bond donors (Lipinski definition) is 2. The molecule has 1 unspecified atom stereocenters. The standard InChI is InChI=1S/C19H23N5O2S/c1-24(15-8-11-27(25,26)13-15)19-21-10-7-18(23-19)20-9-6-14-12-22-17-5-3-2-4-16(14)17/h2-5,7,10,12,15,22H,6,8-9,11,13H2,1H3,(H,20,21,23). The number of H-pyrrole nitrogens is 1. The third kappa shape index (κ3) is 3.90. The molecule has 0 bridgehead atoms. The Bertz CT molecular complexity index is 1050. The van der Waals surface area contributed by atoms with Crippen LogP contribution >= 0.6 is 0 Å². The summed E-state index contributed by atoms with van der Waals surface area (Å²) in [6.07, 6.45) is 5.25. The first-order valence-electron chi connectivity index (χ1n) is 9.07. The van der Waals surface area contributed by atoms with Gasteiger partial charge in [0.25, 0.3) is 0 Å². The largest absolute Gasteiger partial charge is 0.370 e. The number of para-hydroxylation sites is 1. The minimum atomic E-state index is -2.93. The summed E-state index contributed by atoms with van der Waals surface area (Å²) in [6.45, 7) is 0.750. The fraction of sp³-hybridized carbons (Fsp3) is 0.368. The van der Waals surface area contributed by atoms with E-state index < -0.39 is 9.84 Å². The molecule has 1 saturated heterocycles. The molecule has 3 aromatic rings. The van der Waals surface area contributed by atoms with E-state index in [1.165, 1.54) is 10.9 Å². The summed E-state index contributed by atoms with van der Waals surface area (Å²) in [7, 11) is -1.07. The second-order valence-electron chi connectivity index (χ2n) is 6.95. The molecule has 2 N–H and O–H groups in total. The van der Waals surface area contributed by atoms with Crippen LogP contribution in [0.1, 0.15) is 12.0 Å². The summed E-state index contributed by atoms with van der Waals surface area (Å²) in [5, 5.41) is 4.58. The van der Waals surface area contributed by atoms with Gasteiger partial charge in [0, 0.05) is 42.9 Å². The third-order valence-corrected chi connectivity index (χ3v) is 6.84. The second kappa shape index (κ2) is 7.19. The Kier molecular flexibility index (Phi) is 4.73. The molecule has 8 heteroatoms. The first-order valence-corrected chi connectivity index (χ1v) is 10.9.